The molecule has 6 aromatic carbocycles. The van der Waals surface area contributed by atoms with Gasteiger partial charge in [0, 0.05) is 22.1 Å². The van der Waals surface area contributed by atoms with Crippen LogP contribution in [0.3, 0.4) is 0 Å². The molecule has 0 atom stereocenters. The third-order valence-electron chi connectivity index (χ3n) is 7.98. The van der Waals surface area contributed by atoms with Crippen LogP contribution in [-0.4, -0.2) is 19.9 Å². The van der Waals surface area contributed by atoms with Gasteiger partial charge >= 0.3 is 0 Å². The van der Waals surface area contributed by atoms with Crippen molar-refractivity contribution in [3.05, 3.63) is 133 Å². The maximum atomic E-state index is 6.53. The third kappa shape index (κ3) is 3.89. The molecule has 0 unspecified atom stereocenters. The minimum atomic E-state index is 0.533. The van der Waals surface area contributed by atoms with Gasteiger partial charge in [0.05, 0.1) is 10.9 Å². The molecular weight excluding hydrogens is 544 g/mol. The molecule has 0 aliphatic rings. The molecule has 9 rings (SSSR count). The Labute approximate surface area is 251 Å². The Hall–Kier alpha value is -6.14. The number of rotatable bonds is 4. The second-order valence-corrected chi connectivity index (χ2v) is 10.7. The van der Waals surface area contributed by atoms with Gasteiger partial charge in [-0.15, -0.1) is 0 Å². The van der Waals surface area contributed by atoms with Gasteiger partial charge < -0.3 is 8.83 Å². The molecule has 0 fully saturated rings. The zero-order valence-electron chi connectivity index (χ0n) is 23.3. The summed E-state index contributed by atoms with van der Waals surface area (Å²) in [5, 5.41) is 3.99. The van der Waals surface area contributed by atoms with Crippen LogP contribution in [0.2, 0.25) is 0 Å². The van der Waals surface area contributed by atoms with Gasteiger partial charge in [-0.1, -0.05) is 103 Å². The number of nitrogens with zero attached hydrogens (tertiary/aromatic N) is 4. The fourth-order valence-electron chi connectivity index (χ4n) is 5.90. The van der Waals surface area contributed by atoms with Gasteiger partial charge in [-0.3, -0.25) is 0 Å². The molecule has 3 heterocycles. The van der Waals surface area contributed by atoms with Gasteiger partial charge in [0.25, 0.3) is 0 Å². The highest BCUT2D eigenvalue weighted by Gasteiger charge is 2.21. The summed E-state index contributed by atoms with van der Waals surface area (Å²) >= 11 is 0. The fraction of sp³-hybridized carbons (Fsp3) is 0. The van der Waals surface area contributed by atoms with Crippen LogP contribution in [0.5, 0.6) is 0 Å². The lowest BCUT2D eigenvalue weighted by Gasteiger charge is -2.10. The monoisotopic (exact) mass is 566 g/mol. The van der Waals surface area contributed by atoms with E-state index in [-0.39, 0.29) is 0 Å². The first-order chi connectivity index (χ1) is 21.8. The van der Waals surface area contributed by atoms with E-state index in [1.165, 1.54) is 0 Å². The minimum absolute atomic E-state index is 0.533. The zero-order valence-corrected chi connectivity index (χ0v) is 23.3. The minimum Gasteiger partial charge on any atom is -0.455 e. The van der Waals surface area contributed by atoms with E-state index in [0.29, 0.717) is 40.1 Å². The summed E-state index contributed by atoms with van der Waals surface area (Å²) in [5.41, 5.74) is 6.40. The van der Waals surface area contributed by atoms with E-state index >= 15 is 0 Å². The number of oxazole rings is 1. The highest BCUT2D eigenvalue weighted by atomic mass is 16.4. The van der Waals surface area contributed by atoms with Crippen molar-refractivity contribution in [2.45, 2.75) is 0 Å². The van der Waals surface area contributed by atoms with E-state index in [1.807, 2.05) is 109 Å². The first-order valence-corrected chi connectivity index (χ1v) is 14.4. The average Bonchev–Trinajstić information content (AvgIpc) is 3.70. The number of aromatic nitrogens is 4. The molecule has 0 aliphatic heterocycles. The molecular formula is C38H22N4O2. The van der Waals surface area contributed by atoms with Crippen molar-refractivity contribution in [1.29, 1.82) is 0 Å². The molecule has 0 amide bonds. The van der Waals surface area contributed by atoms with E-state index in [2.05, 4.69) is 24.3 Å². The normalized spacial score (nSPS) is 11.6. The lowest BCUT2D eigenvalue weighted by Crippen LogP contribution is -2.00. The molecule has 0 aliphatic carbocycles. The second-order valence-electron chi connectivity index (χ2n) is 10.7. The Morgan fingerprint density at radius 1 is 0.409 bits per heavy atom. The zero-order chi connectivity index (χ0) is 29.0. The van der Waals surface area contributed by atoms with Crippen molar-refractivity contribution in [2.75, 3.05) is 0 Å². The first kappa shape index (κ1) is 24.5. The number of hydrogen-bond acceptors (Lipinski definition) is 6. The van der Waals surface area contributed by atoms with Crippen molar-refractivity contribution >= 4 is 43.8 Å². The van der Waals surface area contributed by atoms with Gasteiger partial charge in [-0.2, -0.15) is 0 Å². The molecule has 0 N–H and O–H groups in total. The van der Waals surface area contributed by atoms with Crippen LogP contribution in [0.15, 0.2) is 142 Å². The lowest BCUT2D eigenvalue weighted by molar-refractivity contribution is 0.622. The van der Waals surface area contributed by atoms with Gasteiger partial charge in [0.15, 0.2) is 23.1 Å². The van der Waals surface area contributed by atoms with Crippen LogP contribution in [0.4, 0.5) is 0 Å². The number of benzene rings is 6. The molecule has 9 aromatic rings. The molecule has 0 spiro atoms. The Morgan fingerprint density at radius 3 is 1.89 bits per heavy atom. The van der Waals surface area contributed by atoms with Crippen LogP contribution in [0, 0.1) is 0 Å². The number of fused-ring (bicyclic) bond motifs is 6. The van der Waals surface area contributed by atoms with Gasteiger partial charge in [-0.05, 0) is 41.1 Å². The highest BCUT2D eigenvalue weighted by molar-refractivity contribution is 6.18. The van der Waals surface area contributed by atoms with Crippen molar-refractivity contribution in [3.8, 4) is 45.6 Å². The molecule has 0 saturated carbocycles. The SMILES string of the molecule is c1ccc(-c2nc(-c3cccc4ccccc34)nc(-c3cccc4c3oc3ccc5nc(-c6ccccc6)oc5c34)n2)cc1. The van der Waals surface area contributed by atoms with Crippen LogP contribution >= 0.6 is 0 Å². The lowest BCUT2D eigenvalue weighted by atomic mass is 10.0. The van der Waals surface area contributed by atoms with E-state index in [0.717, 1.165) is 49.3 Å². The summed E-state index contributed by atoms with van der Waals surface area (Å²) in [6.45, 7) is 0. The summed E-state index contributed by atoms with van der Waals surface area (Å²) in [4.78, 5) is 19.8. The molecule has 0 saturated heterocycles. The molecule has 3 aromatic heterocycles. The highest BCUT2D eigenvalue weighted by Crippen LogP contribution is 2.40. The van der Waals surface area contributed by atoms with Gasteiger partial charge in [0.1, 0.15) is 16.7 Å². The summed E-state index contributed by atoms with van der Waals surface area (Å²) in [5.74, 6) is 2.30. The number of furan rings is 1. The van der Waals surface area contributed by atoms with Crippen LogP contribution in [0.1, 0.15) is 0 Å². The van der Waals surface area contributed by atoms with Crippen molar-refractivity contribution in [2.24, 2.45) is 0 Å². The van der Waals surface area contributed by atoms with E-state index in [9.17, 15) is 0 Å². The molecule has 44 heavy (non-hydrogen) atoms. The molecule has 206 valence electrons. The Kier molecular flexibility index (Phi) is 5.40. The van der Waals surface area contributed by atoms with Gasteiger partial charge in [-0.25, -0.2) is 19.9 Å². The Morgan fingerprint density at radius 2 is 1.05 bits per heavy atom. The smallest absolute Gasteiger partial charge is 0.227 e. The molecule has 6 nitrogen and oxygen atoms in total. The maximum absolute atomic E-state index is 6.53. The molecule has 0 bridgehead atoms. The van der Waals surface area contributed by atoms with Crippen molar-refractivity contribution in [3.63, 3.8) is 0 Å². The fourth-order valence-corrected chi connectivity index (χ4v) is 5.90. The summed E-state index contributed by atoms with van der Waals surface area (Å²) in [7, 11) is 0. The van der Waals surface area contributed by atoms with Crippen LogP contribution in [0.25, 0.3) is 89.4 Å². The first-order valence-electron chi connectivity index (χ1n) is 14.4. The second kappa shape index (κ2) is 9.71. The van der Waals surface area contributed by atoms with Gasteiger partial charge in [0.2, 0.25) is 5.89 Å². The van der Waals surface area contributed by atoms with E-state index in [4.69, 9.17) is 28.8 Å². The van der Waals surface area contributed by atoms with Crippen molar-refractivity contribution in [1.82, 2.24) is 19.9 Å². The van der Waals surface area contributed by atoms with Crippen LogP contribution in [-0.2, 0) is 0 Å². The Bertz CT molecular complexity index is 2490. The summed E-state index contributed by atoms with van der Waals surface area (Å²) in [6.07, 6.45) is 0. The summed E-state index contributed by atoms with van der Waals surface area (Å²) < 4.78 is 12.9. The third-order valence-corrected chi connectivity index (χ3v) is 7.98. The quantitative estimate of drug-likeness (QED) is 0.211. The Balaban J connectivity index is 1.29. The van der Waals surface area contributed by atoms with Crippen LogP contribution < -0.4 is 0 Å². The predicted molar refractivity (Wildman–Crippen MR) is 174 cm³/mol. The van der Waals surface area contributed by atoms with E-state index in [1.54, 1.807) is 0 Å². The average molecular weight is 567 g/mol. The predicted octanol–water partition coefficient (Wildman–Crippen LogP) is 9.73. The molecule has 6 heteroatoms. The van der Waals surface area contributed by atoms with E-state index < -0.39 is 0 Å². The topological polar surface area (TPSA) is 77.8 Å². The largest absolute Gasteiger partial charge is 0.455 e. The standard InChI is InChI=1S/C38H22N4O2/c1-3-12-24(13-4-1)35-40-36(27-18-9-16-23-11-7-8-17-26(23)27)42-37(41-35)29-20-10-19-28-32-31(43-33(28)29)22-21-30-34(32)44-38(39-30)25-14-5-2-6-15-25/h1-22H. The number of para-hydroxylation sites is 1. The number of hydrogen-bond donors (Lipinski definition) is 0. The summed E-state index contributed by atoms with van der Waals surface area (Å²) in [6, 6.07) is 44.3. The van der Waals surface area contributed by atoms with Crippen molar-refractivity contribution < 1.29 is 8.83 Å². The maximum Gasteiger partial charge on any atom is 0.227 e. The molecule has 0 radical (unpaired) electrons.